The number of carbonyl (C=O) groups is 2. The number of amides is 1. The van der Waals surface area contributed by atoms with Gasteiger partial charge in [0.2, 0.25) is 5.91 Å². The van der Waals surface area contributed by atoms with Crippen molar-refractivity contribution in [2.24, 2.45) is 5.73 Å². The molecule has 3 N–H and O–H groups in total. The normalized spacial score (nSPS) is 10.0. The lowest BCUT2D eigenvalue weighted by Gasteiger charge is -2.06. The summed E-state index contributed by atoms with van der Waals surface area (Å²) in [6, 6.07) is 12.4. The number of phenols is 1. The van der Waals surface area contributed by atoms with Crippen LogP contribution < -0.4 is 5.73 Å². The highest BCUT2D eigenvalue weighted by Crippen LogP contribution is 2.21. The number of hydrogen-bond donors (Lipinski definition) is 2. The van der Waals surface area contributed by atoms with Gasteiger partial charge in [-0.3, -0.25) is 9.59 Å². The number of nitrogens with two attached hydrogens (primary N) is 1. The van der Waals surface area contributed by atoms with Gasteiger partial charge < -0.3 is 10.8 Å². The molecule has 0 fully saturated rings. The molecule has 2 aromatic carbocycles. The largest absolute Gasteiger partial charge is 0.507 e. The molecule has 0 aliphatic heterocycles. The molecule has 4 heteroatoms. The second-order valence-corrected chi connectivity index (χ2v) is 3.76. The summed E-state index contributed by atoms with van der Waals surface area (Å²) in [7, 11) is 0. The lowest BCUT2D eigenvalue weighted by Crippen LogP contribution is -2.16. The number of para-hydroxylation sites is 1. The first-order valence-corrected chi connectivity index (χ1v) is 5.33. The van der Waals surface area contributed by atoms with E-state index in [-0.39, 0.29) is 22.4 Å². The number of hydrogen-bond acceptors (Lipinski definition) is 3. The van der Waals surface area contributed by atoms with E-state index in [1.165, 1.54) is 24.3 Å². The number of carbonyl (C=O) groups excluding carboxylic acids is 2. The van der Waals surface area contributed by atoms with E-state index in [0.29, 0.717) is 0 Å². The first kappa shape index (κ1) is 11.9. The number of phenolic OH excluding ortho intramolecular Hbond substituents is 1. The Morgan fingerprint density at radius 1 is 0.833 bits per heavy atom. The van der Waals surface area contributed by atoms with E-state index in [4.69, 9.17) is 5.73 Å². The van der Waals surface area contributed by atoms with Crippen molar-refractivity contribution in [3.05, 3.63) is 65.2 Å². The monoisotopic (exact) mass is 241 g/mol. The van der Waals surface area contributed by atoms with E-state index in [9.17, 15) is 14.7 Å². The van der Waals surface area contributed by atoms with Gasteiger partial charge in [-0.15, -0.1) is 0 Å². The fourth-order valence-electron chi connectivity index (χ4n) is 1.71. The topological polar surface area (TPSA) is 80.4 Å². The Kier molecular flexibility index (Phi) is 3.10. The zero-order chi connectivity index (χ0) is 13.1. The average Bonchev–Trinajstić information content (AvgIpc) is 2.38. The van der Waals surface area contributed by atoms with Gasteiger partial charge in [-0.25, -0.2) is 0 Å². The highest BCUT2D eigenvalue weighted by Gasteiger charge is 2.18. The Hall–Kier alpha value is -2.62. The molecule has 0 aliphatic carbocycles. The van der Waals surface area contributed by atoms with E-state index < -0.39 is 11.7 Å². The van der Waals surface area contributed by atoms with Crippen LogP contribution in [0.2, 0.25) is 0 Å². The van der Waals surface area contributed by atoms with Crippen molar-refractivity contribution in [2.75, 3.05) is 0 Å². The Morgan fingerprint density at radius 2 is 1.33 bits per heavy atom. The van der Waals surface area contributed by atoms with Crippen LogP contribution in [0.15, 0.2) is 48.5 Å². The molecule has 0 heterocycles. The number of aromatic hydroxyl groups is 1. The summed E-state index contributed by atoms with van der Waals surface area (Å²) in [4.78, 5) is 23.5. The highest BCUT2D eigenvalue weighted by atomic mass is 16.3. The fourth-order valence-corrected chi connectivity index (χ4v) is 1.71. The van der Waals surface area contributed by atoms with Gasteiger partial charge in [0.15, 0.2) is 5.78 Å². The van der Waals surface area contributed by atoms with Crippen LogP contribution in [-0.2, 0) is 0 Å². The van der Waals surface area contributed by atoms with Crippen LogP contribution in [-0.4, -0.2) is 16.8 Å². The van der Waals surface area contributed by atoms with Crippen molar-refractivity contribution in [3.63, 3.8) is 0 Å². The van der Waals surface area contributed by atoms with Crippen molar-refractivity contribution in [1.82, 2.24) is 0 Å². The average molecular weight is 241 g/mol. The molecule has 1 amide bonds. The van der Waals surface area contributed by atoms with E-state index in [2.05, 4.69) is 0 Å². The van der Waals surface area contributed by atoms with Gasteiger partial charge in [0, 0.05) is 5.56 Å². The molecular formula is C14H11NO3. The highest BCUT2D eigenvalue weighted by molar-refractivity contribution is 6.16. The molecule has 0 saturated heterocycles. The van der Waals surface area contributed by atoms with Crippen LogP contribution >= 0.6 is 0 Å². The molecule has 0 bridgehead atoms. The van der Waals surface area contributed by atoms with Gasteiger partial charge in [0.25, 0.3) is 0 Å². The zero-order valence-corrected chi connectivity index (χ0v) is 9.46. The molecule has 2 rings (SSSR count). The Labute approximate surface area is 104 Å². The van der Waals surface area contributed by atoms with Gasteiger partial charge in [-0.05, 0) is 18.2 Å². The number of benzene rings is 2. The summed E-state index contributed by atoms with van der Waals surface area (Å²) in [5.74, 6) is -1.22. The Bertz CT molecular complexity index is 620. The molecule has 0 aromatic heterocycles. The van der Waals surface area contributed by atoms with Crippen LogP contribution in [0.5, 0.6) is 5.75 Å². The Morgan fingerprint density at radius 3 is 1.89 bits per heavy atom. The predicted octanol–water partition coefficient (Wildman–Crippen LogP) is 1.72. The molecule has 18 heavy (non-hydrogen) atoms. The molecule has 2 aromatic rings. The molecule has 0 saturated carbocycles. The Balaban J connectivity index is 2.54. The first-order chi connectivity index (χ1) is 8.61. The third-order valence-electron chi connectivity index (χ3n) is 2.59. The number of primary amides is 1. The van der Waals surface area contributed by atoms with Gasteiger partial charge in [0.1, 0.15) is 5.75 Å². The lowest BCUT2D eigenvalue weighted by atomic mass is 9.97. The molecule has 4 nitrogen and oxygen atoms in total. The SMILES string of the molecule is NC(=O)c1ccccc1C(=O)c1ccccc1O. The van der Waals surface area contributed by atoms with Crippen molar-refractivity contribution >= 4 is 11.7 Å². The molecule has 0 radical (unpaired) electrons. The number of ketones is 1. The quantitative estimate of drug-likeness (QED) is 0.803. The van der Waals surface area contributed by atoms with Crippen LogP contribution in [0.1, 0.15) is 26.3 Å². The minimum Gasteiger partial charge on any atom is -0.507 e. The summed E-state index contributed by atoms with van der Waals surface area (Å²) in [5, 5.41) is 9.63. The molecule has 0 unspecified atom stereocenters. The minimum absolute atomic E-state index is 0.123. The van der Waals surface area contributed by atoms with Crippen LogP contribution in [0, 0.1) is 0 Å². The molecule has 90 valence electrons. The van der Waals surface area contributed by atoms with Gasteiger partial charge >= 0.3 is 0 Å². The first-order valence-electron chi connectivity index (χ1n) is 5.33. The maximum atomic E-state index is 12.2. The summed E-state index contributed by atoms with van der Waals surface area (Å²) >= 11 is 0. The van der Waals surface area contributed by atoms with Gasteiger partial charge in [0.05, 0.1) is 11.1 Å². The van der Waals surface area contributed by atoms with Crippen molar-refractivity contribution < 1.29 is 14.7 Å². The second kappa shape index (κ2) is 4.71. The molecule has 0 spiro atoms. The third kappa shape index (κ3) is 2.08. The van der Waals surface area contributed by atoms with Crippen LogP contribution in [0.4, 0.5) is 0 Å². The summed E-state index contributed by atoms with van der Waals surface area (Å²) in [5.41, 5.74) is 5.69. The summed E-state index contributed by atoms with van der Waals surface area (Å²) in [6.45, 7) is 0. The van der Waals surface area contributed by atoms with Crippen LogP contribution in [0.3, 0.4) is 0 Å². The van der Waals surface area contributed by atoms with Crippen molar-refractivity contribution in [1.29, 1.82) is 0 Å². The van der Waals surface area contributed by atoms with E-state index >= 15 is 0 Å². The van der Waals surface area contributed by atoms with E-state index in [1.54, 1.807) is 24.3 Å². The standard InChI is InChI=1S/C14H11NO3/c15-14(18)10-6-2-1-5-9(10)13(17)11-7-3-4-8-12(11)16/h1-8,16H,(H2,15,18). The summed E-state index contributed by atoms with van der Waals surface area (Å²) < 4.78 is 0. The minimum atomic E-state index is -0.672. The van der Waals surface area contributed by atoms with Crippen molar-refractivity contribution in [3.8, 4) is 5.75 Å². The second-order valence-electron chi connectivity index (χ2n) is 3.76. The lowest BCUT2D eigenvalue weighted by molar-refractivity contribution is 0.0980. The van der Waals surface area contributed by atoms with Gasteiger partial charge in [-0.1, -0.05) is 30.3 Å². The number of rotatable bonds is 3. The zero-order valence-electron chi connectivity index (χ0n) is 9.46. The summed E-state index contributed by atoms with van der Waals surface area (Å²) in [6.07, 6.45) is 0. The third-order valence-corrected chi connectivity index (χ3v) is 2.59. The predicted molar refractivity (Wildman–Crippen MR) is 66.5 cm³/mol. The smallest absolute Gasteiger partial charge is 0.249 e. The van der Waals surface area contributed by atoms with E-state index in [1.807, 2.05) is 0 Å². The molecule has 0 atom stereocenters. The van der Waals surface area contributed by atoms with Gasteiger partial charge in [-0.2, -0.15) is 0 Å². The maximum Gasteiger partial charge on any atom is 0.249 e. The molecule has 0 aliphatic rings. The maximum absolute atomic E-state index is 12.2. The molecular weight excluding hydrogens is 230 g/mol. The van der Waals surface area contributed by atoms with Crippen LogP contribution in [0.25, 0.3) is 0 Å². The van der Waals surface area contributed by atoms with Crippen molar-refractivity contribution in [2.45, 2.75) is 0 Å². The fraction of sp³-hybridized carbons (Fsp3) is 0. The van der Waals surface area contributed by atoms with E-state index in [0.717, 1.165) is 0 Å².